The summed E-state index contributed by atoms with van der Waals surface area (Å²) in [5, 5.41) is 4.68. The van der Waals surface area contributed by atoms with Gasteiger partial charge in [0.15, 0.2) is 11.5 Å². The number of para-hydroxylation sites is 1. The van der Waals surface area contributed by atoms with Crippen LogP contribution in [0.25, 0.3) is 33.1 Å². The van der Waals surface area contributed by atoms with Gasteiger partial charge in [-0.25, -0.2) is 4.98 Å². The number of nitrogens with one attached hydrogen (secondary N) is 1. The van der Waals surface area contributed by atoms with Crippen LogP contribution >= 0.6 is 0 Å². The van der Waals surface area contributed by atoms with Crippen LogP contribution in [0.5, 0.6) is 17.2 Å². The van der Waals surface area contributed by atoms with Crippen molar-refractivity contribution in [3.05, 3.63) is 84.6 Å². The highest BCUT2D eigenvalue weighted by atomic mass is 16.5. The molecule has 0 aliphatic rings. The molecule has 3 aromatic carbocycles. The number of anilines is 1. The summed E-state index contributed by atoms with van der Waals surface area (Å²) in [5.41, 5.74) is 4.03. The molecule has 5 rings (SSSR count). The second-order valence-corrected chi connectivity index (χ2v) is 7.82. The number of methoxy groups -OCH3 is 3. The Morgan fingerprint density at radius 3 is 2.23 bits per heavy atom. The molecule has 5 aromatic rings. The van der Waals surface area contributed by atoms with Gasteiger partial charge in [-0.05, 0) is 48.5 Å². The first-order valence-corrected chi connectivity index (χ1v) is 11.0. The minimum Gasteiger partial charge on any atom is -0.493 e. The molecule has 35 heavy (non-hydrogen) atoms. The minimum atomic E-state index is -0.242. The van der Waals surface area contributed by atoms with Crippen LogP contribution in [-0.4, -0.2) is 37.2 Å². The van der Waals surface area contributed by atoms with Crippen LogP contribution < -0.4 is 19.5 Å². The molecule has 0 saturated carbocycles. The number of hydrogen-bond donors (Lipinski definition) is 1. The van der Waals surface area contributed by atoms with E-state index in [2.05, 4.69) is 10.3 Å². The smallest absolute Gasteiger partial charge is 0.256 e. The molecule has 2 aromatic heterocycles. The molecule has 0 unspecified atom stereocenters. The van der Waals surface area contributed by atoms with Gasteiger partial charge in [0.1, 0.15) is 0 Å². The summed E-state index contributed by atoms with van der Waals surface area (Å²) in [6.45, 7) is 0. The Morgan fingerprint density at radius 2 is 1.49 bits per heavy atom. The van der Waals surface area contributed by atoms with Crippen LogP contribution in [0.1, 0.15) is 10.4 Å². The van der Waals surface area contributed by atoms with Crippen molar-refractivity contribution >= 4 is 33.4 Å². The first-order valence-electron chi connectivity index (χ1n) is 11.0. The van der Waals surface area contributed by atoms with E-state index in [1.807, 2.05) is 66.7 Å². The minimum absolute atomic E-state index is 0.242. The summed E-state index contributed by atoms with van der Waals surface area (Å²) in [5.74, 6) is 1.26. The van der Waals surface area contributed by atoms with Crippen LogP contribution in [-0.2, 0) is 0 Å². The van der Waals surface area contributed by atoms with E-state index < -0.39 is 0 Å². The van der Waals surface area contributed by atoms with Gasteiger partial charge in [-0.1, -0.05) is 24.3 Å². The first-order chi connectivity index (χ1) is 17.1. The zero-order valence-corrected chi connectivity index (χ0v) is 19.5. The highest BCUT2D eigenvalue weighted by Crippen LogP contribution is 2.41. The molecule has 7 heteroatoms. The lowest BCUT2D eigenvalue weighted by molar-refractivity contribution is 0.102. The average Bonchev–Trinajstić information content (AvgIpc) is 2.91. The predicted molar refractivity (Wildman–Crippen MR) is 137 cm³/mol. The fourth-order valence-corrected chi connectivity index (χ4v) is 4.14. The summed E-state index contributed by atoms with van der Waals surface area (Å²) in [6.07, 6.45) is 1.73. The number of rotatable bonds is 6. The van der Waals surface area contributed by atoms with Crippen molar-refractivity contribution in [1.29, 1.82) is 0 Å². The van der Waals surface area contributed by atoms with Crippen molar-refractivity contribution in [3.63, 3.8) is 0 Å². The molecule has 0 saturated heterocycles. The standard InChI is InChI=1S/C28H23N3O4/c1-33-25-14-17(15-26(34-2)27(25)35-3)24-16-20(18-8-4-5-10-22(18)30-24)28(32)31-23-12-6-11-21-19(23)9-7-13-29-21/h4-16H,1-3H3,(H,31,32). The Kier molecular flexibility index (Phi) is 5.89. The number of carbonyl (C=O) groups excluding carboxylic acids is 1. The molecule has 7 nitrogen and oxygen atoms in total. The molecular weight excluding hydrogens is 442 g/mol. The van der Waals surface area contributed by atoms with Crippen LogP contribution in [0.3, 0.4) is 0 Å². The van der Waals surface area contributed by atoms with Gasteiger partial charge in [0, 0.05) is 22.5 Å². The summed E-state index contributed by atoms with van der Waals surface area (Å²) in [4.78, 5) is 22.8. The molecule has 0 aliphatic heterocycles. The molecule has 0 aliphatic carbocycles. The second-order valence-electron chi connectivity index (χ2n) is 7.82. The Bertz CT molecular complexity index is 1540. The number of carbonyl (C=O) groups is 1. The Balaban J connectivity index is 1.64. The third kappa shape index (κ3) is 4.08. The third-order valence-corrected chi connectivity index (χ3v) is 5.82. The molecule has 1 amide bonds. The Hall–Kier alpha value is -4.65. The van der Waals surface area contributed by atoms with Gasteiger partial charge < -0.3 is 19.5 Å². The number of ether oxygens (including phenoxy) is 3. The molecular formula is C28H23N3O4. The highest BCUT2D eigenvalue weighted by Gasteiger charge is 2.19. The quantitative estimate of drug-likeness (QED) is 0.345. The summed E-state index contributed by atoms with van der Waals surface area (Å²) >= 11 is 0. The van der Waals surface area contributed by atoms with Crippen molar-refractivity contribution < 1.29 is 19.0 Å². The van der Waals surface area contributed by atoms with Gasteiger partial charge in [-0.3, -0.25) is 9.78 Å². The fraction of sp³-hybridized carbons (Fsp3) is 0.107. The number of amides is 1. The van der Waals surface area contributed by atoms with Crippen molar-refractivity contribution in [3.8, 4) is 28.5 Å². The number of pyridine rings is 2. The van der Waals surface area contributed by atoms with E-state index in [1.54, 1.807) is 33.6 Å². The molecule has 0 radical (unpaired) electrons. The number of aromatic nitrogens is 2. The SMILES string of the molecule is COc1cc(-c2cc(C(=O)Nc3cccc4ncccc34)c3ccccc3n2)cc(OC)c1OC. The predicted octanol–water partition coefficient (Wildman–Crippen LogP) is 5.73. The average molecular weight is 466 g/mol. The number of benzene rings is 3. The van der Waals surface area contributed by atoms with Gasteiger partial charge in [0.05, 0.1) is 49.3 Å². The van der Waals surface area contributed by atoms with Gasteiger partial charge in [0.25, 0.3) is 5.91 Å². The summed E-state index contributed by atoms with van der Waals surface area (Å²) in [6, 6.07) is 22.4. The number of hydrogen-bond acceptors (Lipinski definition) is 6. The number of fused-ring (bicyclic) bond motifs is 2. The van der Waals surface area contributed by atoms with Gasteiger partial charge in [-0.2, -0.15) is 0 Å². The zero-order chi connectivity index (χ0) is 24.4. The van der Waals surface area contributed by atoms with Crippen LogP contribution in [0.4, 0.5) is 5.69 Å². The molecule has 0 bridgehead atoms. The molecule has 0 fully saturated rings. The highest BCUT2D eigenvalue weighted by molar-refractivity contribution is 6.15. The van der Waals surface area contributed by atoms with E-state index in [-0.39, 0.29) is 5.91 Å². The lowest BCUT2D eigenvalue weighted by Crippen LogP contribution is -2.13. The molecule has 0 spiro atoms. The van der Waals surface area contributed by atoms with Gasteiger partial charge >= 0.3 is 0 Å². The van der Waals surface area contributed by atoms with E-state index in [4.69, 9.17) is 19.2 Å². The van der Waals surface area contributed by atoms with Crippen LogP contribution in [0.2, 0.25) is 0 Å². The summed E-state index contributed by atoms with van der Waals surface area (Å²) < 4.78 is 16.5. The van der Waals surface area contributed by atoms with Crippen molar-refractivity contribution in [1.82, 2.24) is 9.97 Å². The Morgan fingerprint density at radius 1 is 0.771 bits per heavy atom. The van der Waals surface area contributed by atoms with Gasteiger partial charge in [0.2, 0.25) is 5.75 Å². The maximum Gasteiger partial charge on any atom is 0.256 e. The van der Waals surface area contributed by atoms with E-state index >= 15 is 0 Å². The van der Waals surface area contributed by atoms with E-state index in [0.29, 0.717) is 39.7 Å². The maximum atomic E-state index is 13.6. The first kappa shape index (κ1) is 22.2. The van der Waals surface area contributed by atoms with Gasteiger partial charge in [-0.15, -0.1) is 0 Å². The topological polar surface area (TPSA) is 82.6 Å². The monoisotopic (exact) mass is 465 g/mol. The van der Waals surface area contributed by atoms with E-state index in [9.17, 15) is 4.79 Å². The van der Waals surface area contributed by atoms with E-state index in [0.717, 1.165) is 21.9 Å². The molecule has 2 heterocycles. The van der Waals surface area contributed by atoms with Crippen molar-refractivity contribution in [2.24, 2.45) is 0 Å². The zero-order valence-electron chi connectivity index (χ0n) is 19.5. The molecule has 1 N–H and O–H groups in total. The maximum absolute atomic E-state index is 13.6. The normalized spacial score (nSPS) is 10.8. The third-order valence-electron chi connectivity index (χ3n) is 5.82. The molecule has 174 valence electrons. The lowest BCUT2D eigenvalue weighted by Gasteiger charge is -2.15. The Labute approximate surface area is 202 Å². The lowest BCUT2D eigenvalue weighted by atomic mass is 10.0. The van der Waals surface area contributed by atoms with E-state index in [1.165, 1.54) is 0 Å². The molecule has 0 atom stereocenters. The second kappa shape index (κ2) is 9.30. The van der Waals surface area contributed by atoms with Crippen molar-refractivity contribution in [2.75, 3.05) is 26.6 Å². The van der Waals surface area contributed by atoms with Crippen molar-refractivity contribution in [2.45, 2.75) is 0 Å². The largest absolute Gasteiger partial charge is 0.493 e. The fourth-order valence-electron chi connectivity index (χ4n) is 4.14. The van der Waals surface area contributed by atoms with Crippen LogP contribution in [0.15, 0.2) is 79.0 Å². The summed E-state index contributed by atoms with van der Waals surface area (Å²) in [7, 11) is 4.68. The number of nitrogens with zero attached hydrogens (tertiary/aromatic N) is 2. The van der Waals surface area contributed by atoms with Crippen LogP contribution in [0, 0.1) is 0 Å².